The highest BCUT2D eigenvalue weighted by molar-refractivity contribution is 7.99. The first-order valence-corrected chi connectivity index (χ1v) is 6.96. The van der Waals surface area contributed by atoms with E-state index >= 15 is 0 Å². The van der Waals surface area contributed by atoms with Gasteiger partial charge in [-0.05, 0) is 36.3 Å². The molecule has 0 spiro atoms. The van der Waals surface area contributed by atoms with Gasteiger partial charge in [-0.15, -0.1) is 34.7 Å². The van der Waals surface area contributed by atoms with Gasteiger partial charge in [0, 0.05) is 14.5 Å². The second-order valence-electron chi connectivity index (χ2n) is 3.17. The number of alkyl halides is 1. The van der Waals surface area contributed by atoms with Crippen LogP contribution in [0.25, 0.3) is 10.1 Å². The summed E-state index contributed by atoms with van der Waals surface area (Å²) in [4.78, 5) is 2.61. The van der Waals surface area contributed by atoms with Gasteiger partial charge >= 0.3 is 0 Å². The predicted molar refractivity (Wildman–Crippen MR) is 67.9 cm³/mol. The third kappa shape index (κ3) is 1.67. The van der Waals surface area contributed by atoms with E-state index in [4.69, 9.17) is 11.6 Å². The maximum atomic E-state index is 5.85. The van der Waals surface area contributed by atoms with Gasteiger partial charge in [0.05, 0.1) is 5.88 Å². The summed E-state index contributed by atoms with van der Waals surface area (Å²) in [5.74, 6) is 0.618. The molecule has 74 valence electrons. The van der Waals surface area contributed by atoms with Gasteiger partial charge in [0.1, 0.15) is 0 Å². The number of hydrogen-bond acceptors (Lipinski definition) is 2. The number of benzene rings is 1. The van der Waals surface area contributed by atoms with E-state index in [2.05, 4.69) is 31.4 Å². The van der Waals surface area contributed by atoms with Crippen LogP contribution in [0.2, 0.25) is 0 Å². The van der Waals surface area contributed by atoms with Crippen molar-refractivity contribution >= 4 is 44.8 Å². The molecule has 0 aliphatic carbocycles. The molecule has 0 nitrogen and oxygen atoms in total. The Labute approximate surface area is 97.3 Å². The van der Waals surface area contributed by atoms with Crippen molar-refractivity contribution in [2.24, 2.45) is 0 Å². The second-order valence-corrected chi connectivity index (χ2v) is 5.43. The fourth-order valence-electron chi connectivity index (χ4n) is 1.51. The zero-order valence-electron chi connectivity index (χ0n) is 8.13. The number of fused-ring (bicyclic) bond motifs is 1. The normalized spacial score (nSPS) is 11.1. The average Bonchev–Trinajstić information content (AvgIpc) is 2.63. The van der Waals surface area contributed by atoms with Gasteiger partial charge in [0.25, 0.3) is 0 Å². The molecule has 2 rings (SSSR count). The van der Waals surface area contributed by atoms with E-state index in [-0.39, 0.29) is 0 Å². The van der Waals surface area contributed by atoms with Crippen molar-refractivity contribution < 1.29 is 0 Å². The van der Waals surface area contributed by atoms with Gasteiger partial charge in [-0.2, -0.15) is 0 Å². The Hall–Kier alpha value is -0.180. The van der Waals surface area contributed by atoms with Crippen LogP contribution in [0.5, 0.6) is 0 Å². The van der Waals surface area contributed by atoms with Gasteiger partial charge in [-0.1, -0.05) is 6.07 Å². The van der Waals surface area contributed by atoms with Crippen molar-refractivity contribution in [3.63, 3.8) is 0 Å². The van der Waals surface area contributed by atoms with Crippen LogP contribution in [0.4, 0.5) is 0 Å². The topological polar surface area (TPSA) is 0 Å². The summed E-state index contributed by atoms with van der Waals surface area (Å²) in [5, 5.41) is 1.36. The van der Waals surface area contributed by atoms with Crippen LogP contribution in [0, 0.1) is 6.92 Å². The summed E-state index contributed by atoms with van der Waals surface area (Å²) in [6.07, 6.45) is 2.12. The minimum atomic E-state index is 0.618. The molecular formula is C11H11ClS2. The van der Waals surface area contributed by atoms with Crippen molar-refractivity contribution in [3.8, 4) is 0 Å². The molecule has 0 fully saturated rings. The molecule has 0 saturated carbocycles. The molecule has 0 amide bonds. The SMILES string of the molecule is CSc1ccc(C)c2cc(CCl)sc12. The summed E-state index contributed by atoms with van der Waals surface area (Å²) in [6.45, 7) is 2.15. The highest BCUT2D eigenvalue weighted by atomic mass is 35.5. The van der Waals surface area contributed by atoms with Crippen molar-refractivity contribution in [2.45, 2.75) is 17.7 Å². The van der Waals surface area contributed by atoms with Crippen molar-refractivity contribution in [1.29, 1.82) is 0 Å². The summed E-state index contributed by atoms with van der Waals surface area (Å²) in [7, 11) is 0. The molecule has 0 bridgehead atoms. The van der Waals surface area contributed by atoms with E-state index in [0.717, 1.165) is 0 Å². The molecule has 0 unspecified atom stereocenters. The summed E-state index contributed by atoms with van der Waals surface area (Å²) in [6, 6.07) is 6.58. The summed E-state index contributed by atoms with van der Waals surface area (Å²) in [5.41, 5.74) is 1.34. The third-order valence-corrected chi connectivity index (χ3v) is 4.79. The van der Waals surface area contributed by atoms with Crippen LogP contribution in [0.3, 0.4) is 0 Å². The Bertz CT molecular complexity index is 460. The molecule has 0 saturated heterocycles. The molecule has 0 atom stereocenters. The Kier molecular flexibility index (Phi) is 3.05. The molecule has 0 aliphatic rings. The molecule has 3 heteroatoms. The van der Waals surface area contributed by atoms with Gasteiger partial charge < -0.3 is 0 Å². The highest BCUT2D eigenvalue weighted by Crippen LogP contribution is 2.35. The van der Waals surface area contributed by atoms with Crippen LogP contribution in [0.1, 0.15) is 10.4 Å². The third-order valence-electron chi connectivity index (χ3n) is 2.27. The average molecular weight is 243 g/mol. The standard InChI is InChI=1S/C11H11ClS2/c1-7-3-4-10(13-2)11-9(7)5-8(6-12)14-11/h3-5H,6H2,1-2H3. The minimum absolute atomic E-state index is 0.618. The van der Waals surface area contributed by atoms with E-state index in [1.54, 1.807) is 11.8 Å². The first-order chi connectivity index (χ1) is 6.76. The largest absolute Gasteiger partial charge is 0.138 e. The minimum Gasteiger partial charge on any atom is -0.138 e. The molecule has 1 aromatic carbocycles. The van der Waals surface area contributed by atoms with Crippen molar-refractivity contribution in [2.75, 3.05) is 6.26 Å². The van der Waals surface area contributed by atoms with E-state index in [1.165, 1.54) is 25.4 Å². The molecule has 0 N–H and O–H groups in total. The molecule has 1 heterocycles. The van der Waals surface area contributed by atoms with E-state index in [1.807, 2.05) is 11.3 Å². The summed E-state index contributed by atoms with van der Waals surface area (Å²) < 4.78 is 1.38. The number of aryl methyl sites for hydroxylation is 1. The van der Waals surface area contributed by atoms with E-state index in [9.17, 15) is 0 Å². The van der Waals surface area contributed by atoms with E-state index in [0.29, 0.717) is 5.88 Å². The Morgan fingerprint density at radius 2 is 2.21 bits per heavy atom. The number of thiophene rings is 1. The predicted octanol–water partition coefficient (Wildman–Crippen LogP) is 4.67. The fourth-order valence-corrected chi connectivity index (χ4v) is 3.62. The lowest BCUT2D eigenvalue weighted by atomic mass is 10.1. The van der Waals surface area contributed by atoms with Gasteiger partial charge in [0.15, 0.2) is 0 Å². The number of thioether (sulfide) groups is 1. The lowest BCUT2D eigenvalue weighted by Crippen LogP contribution is -1.75. The second kappa shape index (κ2) is 4.13. The zero-order valence-corrected chi connectivity index (χ0v) is 10.5. The molecule has 1 aromatic heterocycles. The smallest absolute Gasteiger partial charge is 0.0568 e. The fraction of sp³-hybridized carbons (Fsp3) is 0.273. The van der Waals surface area contributed by atoms with Gasteiger partial charge in [-0.25, -0.2) is 0 Å². The van der Waals surface area contributed by atoms with Crippen LogP contribution in [-0.4, -0.2) is 6.26 Å². The van der Waals surface area contributed by atoms with Crippen LogP contribution in [-0.2, 0) is 5.88 Å². The Morgan fingerprint density at radius 3 is 2.86 bits per heavy atom. The van der Waals surface area contributed by atoms with Crippen LogP contribution >= 0.6 is 34.7 Å². The van der Waals surface area contributed by atoms with Crippen molar-refractivity contribution in [3.05, 3.63) is 28.6 Å². The molecular weight excluding hydrogens is 232 g/mol. The number of halogens is 1. The van der Waals surface area contributed by atoms with Crippen molar-refractivity contribution in [1.82, 2.24) is 0 Å². The maximum absolute atomic E-state index is 5.85. The first-order valence-electron chi connectivity index (χ1n) is 4.38. The molecule has 14 heavy (non-hydrogen) atoms. The summed E-state index contributed by atoms with van der Waals surface area (Å²) >= 11 is 9.46. The van der Waals surface area contributed by atoms with Gasteiger partial charge in [-0.3, -0.25) is 0 Å². The Balaban J connectivity index is 2.74. The van der Waals surface area contributed by atoms with Gasteiger partial charge in [0.2, 0.25) is 0 Å². The quantitative estimate of drug-likeness (QED) is 0.545. The number of hydrogen-bond donors (Lipinski definition) is 0. The highest BCUT2D eigenvalue weighted by Gasteiger charge is 2.07. The first kappa shape index (κ1) is 10.3. The number of rotatable bonds is 2. The Morgan fingerprint density at radius 1 is 1.43 bits per heavy atom. The zero-order chi connectivity index (χ0) is 10.1. The monoisotopic (exact) mass is 242 g/mol. The van der Waals surface area contributed by atoms with E-state index < -0.39 is 0 Å². The lowest BCUT2D eigenvalue weighted by molar-refractivity contribution is 1.47. The molecule has 0 aliphatic heterocycles. The molecule has 0 radical (unpaired) electrons. The van der Waals surface area contributed by atoms with Crippen LogP contribution in [0.15, 0.2) is 23.1 Å². The lowest BCUT2D eigenvalue weighted by Gasteiger charge is -2.00. The van der Waals surface area contributed by atoms with Crippen LogP contribution < -0.4 is 0 Å². The molecule has 2 aromatic rings. The maximum Gasteiger partial charge on any atom is 0.0568 e.